The number of hydrogen-bond acceptors (Lipinski definition) is 4. The molecule has 8 nitrogen and oxygen atoms in total. The topological polar surface area (TPSA) is 119 Å². The third-order valence-corrected chi connectivity index (χ3v) is 5.92. The molecule has 0 unspecified atom stereocenters. The van der Waals surface area contributed by atoms with Crippen LogP contribution in [0.1, 0.15) is 63.4 Å². The maximum Gasteiger partial charge on any atom is 0.273 e. The van der Waals surface area contributed by atoms with Crippen LogP contribution in [0.25, 0.3) is 10.9 Å². The monoisotopic (exact) mass is 445 g/mol. The number of aromatic nitrogens is 2. The molecule has 4 N–H and O–H groups in total. The van der Waals surface area contributed by atoms with Crippen molar-refractivity contribution in [2.75, 3.05) is 6.54 Å². The molecule has 1 fully saturated rings. The van der Waals surface area contributed by atoms with Gasteiger partial charge in [-0.3, -0.25) is 19.1 Å². The lowest BCUT2D eigenvalue weighted by molar-refractivity contribution is -0.128. The number of nitrogens with zero attached hydrogens (tertiary/aromatic N) is 2. The van der Waals surface area contributed by atoms with E-state index in [2.05, 4.69) is 15.7 Å². The lowest BCUT2D eigenvalue weighted by Gasteiger charge is -2.30. The van der Waals surface area contributed by atoms with Crippen molar-refractivity contribution in [3.8, 4) is 0 Å². The summed E-state index contributed by atoms with van der Waals surface area (Å²) < 4.78 is 15.8. The second-order valence-corrected chi connectivity index (χ2v) is 9.65. The van der Waals surface area contributed by atoms with Crippen molar-refractivity contribution in [1.82, 2.24) is 20.4 Å². The highest BCUT2D eigenvalue weighted by atomic mass is 19.1. The first-order valence-corrected chi connectivity index (χ1v) is 11.1. The van der Waals surface area contributed by atoms with E-state index in [1.807, 2.05) is 0 Å². The lowest BCUT2D eigenvalue weighted by Crippen LogP contribution is -2.54. The predicted molar refractivity (Wildman–Crippen MR) is 119 cm³/mol. The highest BCUT2D eigenvalue weighted by Gasteiger charge is 2.34. The normalized spacial score (nSPS) is 16.0. The van der Waals surface area contributed by atoms with Gasteiger partial charge >= 0.3 is 0 Å². The number of nitrogens with two attached hydrogens (primary N) is 1. The Morgan fingerprint density at radius 3 is 2.53 bits per heavy atom. The van der Waals surface area contributed by atoms with Gasteiger partial charge in [0.25, 0.3) is 5.91 Å². The Bertz CT molecular complexity index is 1000. The number of benzene rings is 1. The Kier molecular flexibility index (Phi) is 7.16. The Hall–Kier alpha value is -2.97. The summed E-state index contributed by atoms with van der Waals surface area (Å²) in [5, 5.41) is 10.1. The largest absolute Gasteiger partial charge is 0.368 e. The van der Waals surface area contributed by atoms with Crippen LogP contribution in [-0.2, 0) is 16.1 Å². The van der Waals surface area contributed by atoms with E-state index in [0.717, 1.165) is 12.8 Å². The second-order valence-electron chi connectivity index (χ2n) is 9.65. The third-order valence-electron chi connectivity index (χ3n) is 5.92. The van der Waals surface area contributed by atoms with Crippen molar-refractivity contribution in [3.63, 3.8) is 0 Å². The summed E-state index contributed by atoms with van der Waals surface area (Å²) in [7, 11) is 0. The van der Waals surface area contributed by atoms with Crippen LogP contribution >= 0.6 is 0 Å². The summed E-state index contributed by atoms with van der Waals surface area (Å²) in [6.45, 7) is 5.71. The molecular weight excluding hydrogens is 413 g/mol. The average Bonchev–Trinajstić information content (AvgIpc) is 3.07. The molecule has 1 heterocycles. The highest BCUT2D eigenvalue weighted by molar-refractivity contribution is 6.06. The van der Waals surface area contributed by atoms with Crippen LogP contribution in [0.5, 0.6) is 0 Å². The number of nitrogens with one attached hydrogen (secondary N) is 2. The first-order valence-electron chi connectivity index (χ1n) is 11.1. The second kappa shape index (κ2) is 9.67. The number of primary amides is 1. The molecule has 1 aromatic carbocycles. The number of carbonyl (C=O) groups is 3. The number of fused-ring (bicyclic) bond motifs is 1. The summed E-state index contributed by atoms with van der Waals surface area (Å²) in [4.78, 5) is 36.9. The molecule has 1 aliphatic rings. The molecule has 0 aliphatic heterocycles. The van der Waals surface area contributed by atoms with Gasteiger partial charge in [-0.05, 0) is 42.4 Å². The van der Waals surface area contributed by atoms with Crippen LogP contribution in [0.4, 0.5) is 4.39 Å². The van der Waals surface area contributed by atoms with Crippen LogP contribution in [0.15, 0.2) is 18.2 Å². The molecule has 1 atom stereocenters. The van der Waals surface area contributed by atoms with Gasteiger partial charge in [-0.25, -0.2) is 4.39 Å². The van der Waals surface area contributed by atoms with Crippen molar-refractivity contribution in [2.45, 2.75) is 65.5 Å². The van der Waals surface area contributed by atoms with Crippen molar-refractivity contribution >= 4 is 28.6 Å². The minimum absolute atomic E-state index is 0.0762. The Morgan fingerprint density at radius 1 is 1.22 bits per heavy atom. The number of halogens is 1. The molecule has 3 amide bonds. The van der Waals surface area contributed by atoms with Crippen LogP contribution in [0, 0.1) is 17.2 Å². The molecular formula is C23H32FN5O3. The van der Waals surface area contributed by atoms with Gasteiger partial charge in [0.15, 0.2) is 5.69 Å². The van der Waals surface area contributed by atoms with E-state index in [1.165, 1.54) is 31.4 Å². The maximum absolute atomic E-state index is 14.0. The van der Waals surface area contributed by atoms with Gasteiger partial charge in [0.05, 0.1) is 12.1 Å². The average molecular weight is 446 g/mol. The van der Waals surface area contributed by atoms with Crippen molar-refractivity contribution < 1.29 is 18.8 Å². The summed E-state index contributed by atoms with van der Waals surface area (Å²) in [6, 6.07) is 3.35. The zero-order valence-corrected chi connectivity index (χ0v) is 18.9. The fraction of sp³-hybridized carbons (Fsp3) is 0.565. The first kappa shape index (κ1) is 23.7. The number of carbonyl (C=O) groups excluding carboxylic acids is 3. The summed E-state index contributed by atoms with van der Waals surface area (Å²) in [5.74, 6) is -1.77. The molecule has 0 bridgehead atoms. The molecule has 9 heteroatoms. The van der Waals surface area contributed by atoms with Crippen LogP contribution in [0.3, 0.4) is 0 Å². The molecule has 1 saturated carbocycles. The van der Waals surface area contributed by atoms with Crippen molar-refractivity contribution in [3.05, 3.63) is 29.7 Å². The summed E-state index contributed by atoms with van der Waals surface area (Å²) in [6.07, 6.45) is 5.81. The predicted octanol–water partition coefficient (Wildman–Crippen LogP) is 2.50. The fourth-order valence-corrected chi connectivity index (χ4v) is 4.22. The molecule has 3 rings (SSSR count). The molecule has 1 aromatic heterocycles. The number of rotatable bonds is 7. The van der Waals surface area contributed by atoms with E-state index in [9.17, 15) is 18.8 Å². The van der Waals surface area contributed by atoms with Gasteiger partial charge in [0.2, 0.25) is 11.8 Å². The SMILES string of the molecule is CC(C)(C)[C@H](NC(=O)c1nn(CC2CCCCC2)c2ccc(F)cc12)C(=O)NCC(N)=O. The fourth-order valence-electron chi connectivity index (χ4n) is 4.22. The van der Waals surface area contributed by atoms with Gasteiger partial charge in [-0.1, -0.05) is 40.0 Å². The molecule has 0 radical (unpaired) electrons. The zero-order valence-electron chi connectivity index (χ0n) is 18.9. The Balaban J connectivity index is 1.89. The van der Waals surface area contributed by atoms with Gasteiger partial charge in [0, 0.05) is 11.9 Å². The zero-order chi connectivity index (χ0) is 23.5. The Labute approximate surface area is 187 Å². The van der Waals surface area contributed by atoms with Gasteiger partial charge in [-0.2, -0.15) is 5.10 Å². The van der Waals surface area contributed by atoms with Gasteiger partial charge in [0.1, 0.15) is 11.9 Å². The van der Waals surface area contributed by atoms with E-state index in [-0.39, 0.29) is 12.2 Å². The molecule has 32 heavy (non-hydrogen) atoms. The minimum Gasteiger partial charge on any atom is -0.368 e. The smallest absolute Gasteiger partial charge is 0.273 e. The van der Waals surface area contributed by atoms with Crippen LogP contribution in [-0.4, -0.2) is 40.1 Å². The molecule has 0 saturated heterocycles. The first-order chi connectivity index (χ1) is 15.1. The van der Waals surface area contributed by atoms with Crippen molar-refractivity contribution in [1.29, 1.82) is 0 Å². The van der Waals surface area contributed by atoms with E-state index in [0.29, 0.717) is 23.4 Å². The standard InChI is InChI=1S/C23H32FN5O3/c1-23(2,3)20(22(32)26-12-18(25)30)27-21(31)19-16-11-15(24)9-10-17(16)29(28-19)13-14-7-5-4-6-8-14/h9-11,14,20H,4-8,12-13H2,1-3H3,(H2,25,30)(H,26,32)(H,27,31)/t20-/m1/s1. The van der Waals surface area contributed by atoms with E-state index >= 15 is 0 Å². The summed E-state index contributed by atoms with van der Waals surface area (Å²) >= 11 is 0. The highest BCUT2D eigenvalue weighted by Crippen LogP contribution is 2.28. The Morgan fingerprint density at radius 2 is 1.91 bits per heavy atom. The third kappa shape index (κ3) is 5.63. The van der Waals surface area contributed by atoms with Gasteiger partial charge < -0.3 is 16.4 Å². The number of amides is 3. The lowest BCUT2D eigenvalue weighted by atomic mass is 9.86. The van der Waals surface area contributed by atoms with E-state index in [1.54, 1.807) is 31.5 Å². The quantitative estimate of drug-likeness (QED) is 0.607. The molecule has 2 aromatic rings. The summed E-state index contributed by atoms with van der Waals surface area (Å²) in [5.41, 5.74) is 5.22. The minimum atomic E-state index is -0.943. The number of hydrogen-bond donors (Lipinski definition) is 3. The maximum atomic E-state index is 14.0. The van der Waals surface area contributed by atoms with Crippen LogP contribution in [0.2, 0.25) is 0 Å². The molecule has 174 valence electrons. The van der Waals surface area contributed by atoms with Crippen LogP contribution < -0.4 is 16.4 Å². The molecule has 0 spiro atoms. The van der Waals surface area contributed by atoms with E-state index < -0.39 is 35.0 Å². The molecule has 1 aliphatic carbocycles. The van der Waals surface area contributed by atoms with E-state index in [4.69, 9.17) is 5.73 Å². The van der Waals surface area contributed by atoms with Crippen molar-refractivity contribution in [2.24, 2.45) is 17.1 Å². The van der Waals surface area contributed by atoms with Gasteiger partial charge in [-0.15, -0.1) is 0 Å².